The molecule has 11 heteroatoms. The van der Waals surface area contributed by atoms with Crippen molar-refractivity contribution in [2.45, 2.75) is 19.4 Å². The zero-order chi connectivity index (χ0) is 21.1. The summed E-state index contributed by atoms with van der Waals surface area (Å²) in [5.41, 5.74) is -0.762. The maximum atomic E-state index is 13.8. The lowest BCUT2D eigenvalue weighted by Crippen LogP contribution is -2.47. The number of carbonyl (C=O) groups excluding carboxylic acids is 1. The van der Waals surface area contributed by atoms with Gasteiger partial charge in [0.05, 0.1) is 22.6 Å². The molecule has 8 nitrogen and oxygen atoms in total. The van der Waals surface area contributed by atoms with Crippen LogP contribution >= 0.6 is 0 Å². The van der Waals surface area contributed by atoms with Crippen molar-refractivity contribution in [3.63, 3.8) is 0 Å². The maximum Gasteiger partial charge on any atom is 0.271 e. The minimum Gasteiger partial charge on any atom is -0.322 e. The molecule has 2 aromatic carbocycles. The van der Waals surface area contributed by atoms with Gasteiger partial charge in [0, 0.05) is 18.2 Å². The number of halogens is 2. The summed E-state index contributed by atoms with van der Waals surface area (Å²) in [6.45, 7) is 1.53. The summed E-state index contributed by atoms with van der Waals surface area (Å²) in [6.07, 6.45) is 0.838. The Hall–Kier alpha value is -3.08. The Morgan fingerprint density at radius 2 is 1.93 bits per heavy atom. The zero-order valence-corrected chi connectivity index (χ0v) is 15.7. The van der Waals surface area contributed by atoms with Crippen molar-refractivity contribution >= 4 is 33.0 Å². The standard InChI is InChI=1S/C17H17F2N3O5S/c1-3-16(17(23)20-15-8-7-11(18)9-14(15)19)21(28(2,26)27)12-5-4-6-13(10-12)22(24)25/h4-10,16H,3H2,1-2H3,(H,20,23)/t16-/m0/s1. The minimum absolute atomic E-state index is 0.00951. The molecule has 0 aliphatic heterocycles. The number of hydrogen-bond acceptors (Lipinski definition) is 5. The van der Waals surface area contributed by atoms with Gasteiger partial charge in [0.1, 0.15) is 17.7 Å². The Morgan fingerprint density at radius 3 is 2.46 bits per heavy atom. The highest BCUT2D eigenvalue weighted by atomic mass is 32.2. The smallest absolute Gasteiger partial charge is 0.271 e. The maximum absolute atomic E-state index is 13.8. The molecule has 0 radical (unpaired) electrons. The zero-order valence-electron chi connectivity index (χ0n) is 14.9. The topological polar surface area (TPSA) is 110 Å². The molecule has 1 amide bonds. The van der Waals surface area contributed by atoms with E-state index in [0.717, 1.165) is 28.8 Å². The summed E-state index contributed by atoms with van der Waals surface area (Å²) in [4.78, 5) is 22.9. The molecule has 0 saturated heterocycles. The monoisotopic (exact) mass is 413 g/mol. The van der Waals surface area contributed by atoms with Gasteiger partial charge < -0.3 is 5.32 Å². The summed E-state index contributed by atoms with van der Waals surface area (Å²) in [7, 11) is -4.03. The highest BCUT2D eigenvalue weighted by Crippen LogP contribution is 2.27. The molecule has 1 N–H and O–H groups in total. The number of anilines is 2. The third kappa shape index (κ3) is 4.80. The van der Waals surface area contributed by atoms with Crippen LogP contribution in [0.5, 0.6) is 0 Å². The van der Waals surface area contributed by atoms with Crippen LogP contribution in [0.3, 0.4) is 0 Å². The molecule has 0 spiro atoms. The summed E-state index contributed by atoms with van der Waals surface area (Å²) in [6, 6.07) is 6.00. The average Bonchev–Trinajstić information content (AvgIpc) is 2.60. The molecule has 0 aliphatic carbocycles. The summed E-state index contributed by atoms with van der Waals surface area (Å²) >= 11 is 0. The average molecular weight is 413 g/mol. The molecule has 0 heterocycles. The number of rotatable bonds is 7. The summed E-state index contributed by atoms with van der Waals surface area (Å²) in [5, 5.41) is 13.2. The first-order valence-electron chi connectivity index (χ1n) is 8.04. The van der Waals surface area contributed by atoms with E-state index in [2.05, 4.69) is 5.32 Å². The molecule has 0 bridgehead atoms. The molecular formula is C17H17F2N3O5S. The Morgan fingerprint density at radius 1 is 1.25 bits per heavy atom. The van der Waals surface area contributed by atoms with Gasteiger partial charge in [0.15, 0.2) is 0 Å². The van der Waals surface area contributed by atoms with Crippen LogP contribution in [-0.4, -0.2) is 31.5 Å². The predicted octanol–water partition coefficient (Wildman–Crippen LogP) is 3.06. The number of nitro benzene ring substituents is 1. The van der Waals surface area contributed by atoms with Crippen LogP contribution in [0.15, 0.2) is 42.5 Å². The van der Waals surface area contributed by atoms with E-state index in [1.165, 1.54) is 25.1 Å². The van der Waals surface area contributed by atoms with Crippen LogP contribution in [0.4, 0.5) is 25.8 Å². The van der Waals surface area contributed by atoms with Gasteiger partial charge in [-0.05, 0) is 24.6 Å². The quantitative estimate of drug-likeness (QED) is 0.554. The summed E-state index contributed by atoms with van der Waals surface area (Å²) in [5.74, 6) is -2.73. The Balaban J connectivity index is 2.44. The second kappa shape index (κ2) is 8.30. The molecule has 1 atom stereocenters. The Bertz CT molecular complexity index is 1010. The highest BCUT2D eigenvalue weighted by Gasteiger charge is 2.32. The van der Waals surface area contributed by atoms with Gasteiger partial charge in [-0.2, -0.15) is 0 Å². The van der Waals surface area contributed by atoms with Crippen LogP contribution in [0.2, 0.25) is 0 Å². The van der Waals surface area contributed by atoms with Crippen molar-refractivity contribution in [2.24, 2.45) is 0 Å². The van der Waals surface area contributed by atoms with Gasteiger partial charge in [-0.25, -0.2) is 17.2 Å². The van der Waals surface area contributed by atoms with Gasteiger partial charge in [0.2, 0.25) is 15.9 Å². The minimum atomic E-state index is -4.03. The molecule has 0 fully saturated rings. The van der Waals surface area contributed by atoms with Crippen LogP contribution in [-0.2, 0) is 14.8 Å². The first-order valence-corrected chi connectivity index (χ1v) is 9.89. The van der Waals surface area contributed by atoms with Crippen molar-refractivity contribution < 1.29 is 26.9 Å². The fourth-order valence-corrected chi connectivity index (χ4v) is 3.81. The number of non-ortho nitro benzene ring substituents is 1. The molecule has 28 heavy (non-hydrogen) atoms. The number of hydrogen-bond donors (Lipinski definition) is 1. The lowest BCUT2D eigenvalue weighted by atomic mass is 10.1. The number of carbonyl (C=O) groups is 1. The van der Waals surface area contributed by atoms with E-state index >= 15 is 0 Å². The number of nitrogens with one attached hydrogen (secondary N) is 1. The molecule has 2 rings (SSSR count). The number of nitro groups is 1. The van der Waals surface area contributed by atoms with E-state index in [-0.39, 0.29) is 23.5 Å². The van der Waals surface area contributed by atoms with Gasteiger partial charge in [-0.15, -0.1) is 0 Å². The van der Waals surface area contributed by atoms with Crippen molar-refractivity contribution in [1.82, 2.24) is 0 Å². The van der Waals surface area contributed by atoms with E-state index in [9.17, 15) is 32.1 Å². The molecule has 0 aliphatic rings. The Kier molecular flexibility index (Phi) is 6.29. The Labute approximate surface area is 160 Å². The van der Waals surface area contributed by atoms with E-state index < -0.39 is 38.5 Å². The third-order valence-electron chi connectivity index (χ3n) is 3.81. The van der Waals surface area contributed by atoms with Gasteiger partial charge in [0.25, 0.3) is 5.69 Å². The first-order chi connectivity index (χ1) is 13.0. The molecule has 0 aromatic heterocycles. The van der Waals surface area contributed by atoms with E-state index in [0.29, 0.717) is 6.07 Å². The second-order valence-electron chi connectivity index (χ2n) is 5.87. The van der Waals surface area contributed by atoms with Crippen molar-refractivity contribution in [1.29, 1.82) is 0 Å². The SMILES string of the molecule is CC[C@@H](C(=O)Nc1ccc(F)cc1F)N(c1cccc([N+](=O)[O-])c1)S(C)(=O)=O. The third-order valence-corrected chi connectivity index (χ3v) is 4.99. The second-order valence-corrected chi connectivity index (χ2v) is 7.73. The van der Waals surface area contributed by atoms with Crippen molar-refractivity contribution in [3.8, 4) is 0 Å². The highest BCUT2D eigenvalue weighted by molar-refractivity contribution is 7.92. The number of amides is 1. The van der Waals surface area contributed by atoms with Gasteiger partial charge >= 0.3 is 0 Å². The largest absolute Gasteiger partial charge is 0.322 e. The lowest BCUT2D eigenvalue weighted by molar-refractivity contribution is -0.384. The first kappa shape index (κ1) is 21.2. The lowest BCUT2D eigenvalue weighted by Gasteiger charge is -2.30. The van der Waals surface area contributed by atoms with Crippen LogP contribution in [0.25, 0.3) is 0 Å². The number of sulfonamides is 1. The fourth-order valence-electron chi connectivity index (χ4n) is 2.61. The normalized spacial score (nSPS) is 12.3. The van der Waals surface area contributed by atoms with Gasteiger partial charge in [-0.3, -0.25) is 19.2 Å². The van der Waals surface area contributed by atoms with Crippen molar-refractivity contribution in [3.05, 3.63) is 64.2 Å². The van der Waals surface area contributed by atoms with Crippen molar-refractivity contribution in [2.75, 3.05) is 15.9 Å². The van der Waals surface area contributed by atoms with Gasteiger partial charge in [-0.1, -0.05) is 13.0 Å². The molecule has 2 aromatic rings. The molecule has 0 saturated carbocycles. The van der Waals surface area contributed by atoms with E-state index in [1.807, 2.05) is 0 Å². The number of benzene rings is 2. The summed E-state index contributed by atoms with van der Waals surface area (Å²) < 4.78 is 52.2. The molecule has 150 valence electrons. The van der Waals surface area contributed by atoms with Crippen LogP contribution in [0, 0.1) is 21.7 Å². The van der Waals surface area contributed by atoms with E-state index in [4.69, 9.17) is 0 Å². The number of nitrogens with zero attached hydrogens (tertiary/aromatic N) is 2. The van der Waals surface area contributed by atoms with Crippen LogP contribution in [0.1, 0.15) is 13.3 Å². The van der Waals surface area contributed by atoms with E-state index in [1.54, 1.807) is 0 Å². The fraction of sp³-hybridized carbons (Fsp3) is 0.235. The molecular weight excluding hydrogens is 396 g/mol. The molecule has 0 unspecified atom stereocenters. The van der Waals surface area contributed by atoms with Crippen LogP contribution < -0.4 is 9.62 Å². The predicted molar refractivity (Wildman–Crippen MR) is 99.5 cm³/mol.